The molecule has 0 saturated carbocycles. The van der Waals surface area contributed by atoms with Crippen LogP contribution in [0, 0.1) is 0 Å². The number of ether oxygens (including phenoxy) is 3. The zero-order chi connectivity index (χ0) is 25.6. The Kier molecular flexibility index (Phi) is 9.10. The summed E-state index contributed by atoms with van der Waals surface area (Å²) in [4.78, 5) is 14.6. The van der Waals surface area contributed by atoms with Crippen molar-refractivity contribution in [3.63, 3.8) is 0 Å². The fourth-order valence-electron chi connectivity index (χ4n) is 4.75. The maximum Gasteiger partial charge on any atom is 0.337 e. The third kappa shape index (κ3) is 6.39. The predicted molar refractivity (Wildman–Crippen MR) is 152 cm³/mol. The van der Waals surface area contributed by atoms with Gasteiger partial charge >= 0.3 is 5.97 Å². The van der Waals surface area contributed by atoms with E-state index in [1.165, 1.54) is 26.4 Å². The van der Waals surface area contributed by atoms with Gasteiger partial charge in [0.15, 0.2) is 0 Å². The number of carbonyl (C=O) groups is 1. The van der Waals surface area contributed by atoms with Crippen LogP contribution in [-0.4, -0.2) is 49.3 Å². The third-order valence-corrected chi connectivity index (χ3v) is 6.72. The Bertz CT molecular complexity index is 1380. The maximum atomic E-state index is 12.1. The smallest absolute Gasteiger partial charge is 0.337 e. The summed E-state index contributed by atoms with van der Waals surface area (Å²) in [6.45, 7) is 3.91. The summed E-state index contributed by atoms with van der Waals surface area (Å²) in [6.07, 6.45) is 3.87. The molecular formula is C31H32ClNO5. The number of aromatic hydroxyl groups is 1. The quantitative estimate of drug-likeness (QED) is 0.244. The van der Waals surface area contributed by atoms with Crippen molar-refractivity contribution in [3.8, 4) is 34.1 Å². The van der Waals surface area contributed by atoms with Gasteiger partial charge in [0.05, 0.1) is 12.7 Å². The minimum absolute atomic E-state index is 0. The minimum atomic E-state index is -0.397. The van der Waals surface area contributed by atoms with Crippen LogP contribution >= 0.6 is 12.4 Å². The highest BCUT2D eigenvalue weighted by Crippen LogP contribution is 2.41. The van der Waals surface area contributed by atoms with E-state index in [1.807, 2.05) is 54.6 Å². The fraction of sp³-hybridized carbons (Fsp3) is 0.258. The van der Waals surface area contributed by atoms with Crippen LogP contribution in [0.5, 0.6) is 23.0 Å². The summed E-state index contributed by atoms with van der Waals surface area (Å²) in [5, 5.41) is 11.7. The molecule has 0 aliphatic carbocycles. The molecule has 0 aromatic heterocycles. The van der Waals surface area contributed by atoms with Crippen LogP contribution in [-0.2, 0) is 4.74 Å². The van der Waals surface area contributed by atoms with Crippen molar-refractivity contribution in [2.45, 2.75) is 19.3 Å². The van der Waals surface area contributed by atoms with Gasteiger partial charge in [-0.3, -0.25) is 4.90 Å². The number of esters is 1. The number of fused-ring (bicyclic) bond motifs is 1. The molecule has 0 radical (unpaired) electrons. The summed E-state index contributed by atoms with van der Waals surface area (Å²) >= 11 is 0. The molecule has 1 fully saturated rings. The largest absolute Gasteiger partial charge is 0.508 e. The molecule has 1 aliphatic rings. The molecule has 38 heavy (non-hydrogen) atoms. The van der Waals surface area contributed by atoms with Crippen LogP contribution in [0.1, 0.15) is 29.6 Å². The van der Waals surface area contributed by atoms with E-state index in [0.29, 0.717) is 23.7 Å². The van der Waals surface area contributed by atoms with Gasteiger partial charge in [-0.15, -0.1) is 12.4 Å². The lowest BCUT2D eigenvalue weighted by Crippen LogP contribution is -2.33. The van der Waals surface area contributed by atoms with E-state index in [1.54, 1.807) is 24.3 Å². The van der Waals surface area contributed by atoms with Crippen LogP contribution in [0.4, 0.5) is 0 Å². The van der Waals surface area contributed by atoms with Crippen molar-refractivity contribution < 1.29 is 24.1 Å². The number of phenols is 1. The Labute approximate surface area is 229 Å². The summed E-state index contributed by atoms with van der Waals surface area (Å²) in [6, 6.07) is 23.9. The number of hydrogen-bond donors (Lipinski definition) is 1. The van der Waals surface area contributed by atoms with Gasteiger partial charge in [-0.1, -0.05) is 24.6 Å². The van der Waals surface area contributed by atoms with Crippen LogP contribution in [0.25, 0.3) is 21.9 Å². The number of nitrogens with zero attached hydrogens (tertiary/aromatic N) is 1. The monoisotopic (exact) mass is 533 g/mol. The molecule has 198 valence electrons. The molecule has 4 aromatic carbocycles. The molecule has 7 heteroatoms. The number of phenolic OH excluding ortho intramolecular Hbond substituents is 1. The Morgan fingerprint density at radius 1 is 0.895 bits per heavy atom. The summed E-state index contributed by atoms with van der Waals surface area (Å²) in [7, 11) is 1.37. The van der Waals surface area contributed by atoms with Gasteiger partial charge in [0, 0.05) is 17.5 Å². The number of likely N-dealkylation sites (tertiary alicyclic amines) is 1. The first-order valence-electron chi connectivity index (χ1n) is 12.7. The van der Waals surface area contributed by atoms with Crippen LogP contribution < -0.4 is 9.47 Å². The number of carbonyl (C=O) groups excluding carboxylic acids is 1. The maximum absolute atomic E-state index is 12.1. The number of methoxy groups -OCH3 is 1. The van der Waals surface area contributed by atoms with E-state index in [9.17, 15) is 9.90 Å². The second-order valence-electron chi connectivity index (χ2n) is 9.24. The predicted octanol–water partition coefficient (Wildman–Crippen LogP) is 7.08. The van der Waals surface area contributed by atoms with E-state index < -0.39 is 5.97 Å². The lowest BCUT2D eigenvalue weighted by Gasteiger charge is -2.26. The first-order valence-corrected chi connectivity index (χ1v) is 12.7. The Morgan fingerprint density at radius 3 is 2.42 bits per heavy atom. The Hall–Kier alpha value is -3.74. The lowest BCUT2D eigenvalue weighted by atomic mass is 9.98. The first kappa shape index (κ1) is 27.3. The number of halogens is 1. The highest BCUT2D eigenvalue weighted by molar-refractivity contribution is 5.97. The van der Waals surface area contributed by atoms with Crippen LogP contribution in [0.3, 0.4) is 0 Å². The van der Waals surface area contributed by atoms with E-state index in [-0.39, 0.29) is 18.2 Å². The average molecular weight is 534 g/mol. The van der Waals surface area contributed by atoms with Crippen molar-refractivity contribution in [3.05, 3.63) is 84.4 Å². The molecule has 0 spiro atoms. The topological polar surface area (TPSA) is 68.2 Å². The number of benzene rings is 4. The van der Waals surface area contributed by atoms with Crippen molar-refractivity contribution in [2.24, 2.45) is 0 Å². The van der Waals surface area contributed by atoms with Crippen LogP contribution in [0.15, 0.2) is 78.9 Å². The van der Waals surface area contributed by atoms with Crippen molar-refractivity contribution in [1.29, 1.82) is 0 Å². The molecule has 0 unspecified atom stereocenters. The SMILES string of the molecule is COC(=O)c1cccc(-c2ccc3cc(O)ccc3c2Oc2ccc(OCCN3CCCCC3)cc2)c1.Cl. The molecule has 0 amide bonds. The summed E-state index contributed by atoms with van der Waals surface area (Å²) in [5.41, 5.74) is 2.11. The van der Waals surface area contributed by atoms with Crippen molar-refractivity contribution in [2.75, 3.05) is 33.4 Å². The van der Waals surface area contributed by atoms with Gasteiger partial charge in [0.25, 0.3) is 0 Å². The molecular weight excluding hydrogens is 502 g/mol. The molecule has 1 heterocycles. The van der Waals surface area contributed by atoms with Gasteiger partial charge in [-0.05, 0) is 97.5 Å². The zero-order valence-corrected chi connectivity index (χ0v) is 22.2. The molecule has 6 nitrogen and oxygen atoms in total. The van der Waals surface area contributed by atoms with Gasteiger partial charge in [0.1, 0.15) is 29.6 Å². The first-order chi connectivity index (χ1) is 18.1. The molecule has 1 aliphatic heterocycles. The zero-order valence-electron chi connectivity index (χ0n) is 21.4. The van der Waals surface area contributed by atoms with E-state index in [0.717, 1.165) is 47.3 Å². The molecule has 1 N–H and O–H groups in total. The highest BCUT2D eigenvalue weighted by atomic mass is 35.5. The van der Waals surface area contributed by atoms with Crippen molar-refractivity contribution >= 4 is 29.1 Å². The molecule has 1 saturated heterocycles. The average Bonchev–Trinajstić information content (AvgIpc) is 2.94. The van der Waals surface area contributed by atoms with Crippen LogP contribution in [0.2, 0.25) is 0 Å². The Balaban J connectivity index is 0.00000336. The van der Waals surface area contributed by atoms with E-state index in [2.05, 4.69) is 4.90 Å². The number of hydrogen-bond acceptors (Lipinski definition) is 6. The van der Waals surface area contributed by atoms with Gasteiger partial charge in [-0.2, -0.15) is 0 Å². The van der Waals surface area contributed by atoms with E-state index in [4.69, 9.17) is 14.2 Å². The fourth-order valence-corrected chi connectivity index (χ4v) is 4.75. The van der Waals surface area contributed by atoms with Gasteiger partial charge in [0.2, 0.25) is 0 Å². The number of piperidine rings is 1. The van der Waals surface area contributed by atoms with Crippen molar-refractivity contribution in [1.82, 2.24) is 4.90 Å². The normalized spacial score (nSPS) is 13.5. The summed E-state index contributed by atoms with van der Waals surface area (Å²) in [5.74, 6) is 1.89. The molecule has 5 rings (SSSR count). The molecule has 0 atom stereocenters. The second-order valence-corrected chi connectivity index (χ2v) is 9.24. The second kappa shape index (κ2) is 12.7. The van der Waals surface area contributed by atoms with E-state index >= 15 is 0 Å². The van der Waals surface area contributed by atoms with Gasteiger partial charge < -0.3 is 19.3 Å². The Morgan fingerprint density at radius 2 is 1.66 bits per heavy atom. The third-order valence-electron chi connectivity index (χ3n) is 6.72. The number of rotatable bonds is 8. The molecule has 0 bridgehead atoms. The molecule has 4 aromatic rings. The summed E-state index contributed by atoms with van der Waals surface area (Å²) < 4.78 is 17.3. The standard InChI is InChI=1S/C31H31NO5.ClH/c1-35-31(34)24-7-5-6-22(20-24)28-14-8-23-21-25(33)9-15-29(23)30(28)37-27-12-10-26(11-13-27)36-19-18-32-16-3-2-4-17-32;/h5-15,20-21,33H,2-4,16-19H2,1H3;1H. The van der Waals surface area contributed by atoms with Gasteiger partial charge in [-0.25, -0.2) is 4.79 Å². The minimum Gasteiger partial charge on any atom is -0.508 e. The highest BCUT2D eigenvalue weighted by Gasteiger charge is 2.15. The lowest BCUT2D eigenvalue weighted by molar-refractivity contribution is 0.0600.